The van der Waals surface area contributed by atoms with Gasteiger partial charge in [-0.05, 0) is 20.4 Å². The zero-order chi connectivity index (χ0) is 12.8. The van der Waals surface area contributed by atoms with Gasteiger partial charge in [0.25, 0.3) is 0 Å². The van der Waals surface area contributed by atoms with Crippen LogP contribution in [0.1, 0.15) is 20.8 Å². The van der Waals surface area contributed by atoms with E-state index in [2.05, 4.69) is 20.9 Å². The molecule has 3 amide bonds. The predicted molar refractivity (Wildman–Crippen MR) is 65.7 cm³/mol. The molecule has 0 aromatic carbocycles. The van der Waals surface area contributed by atoms with Gasteiger partial charge in [0.2, 0.25) is 5.91 Å². The average Bonchev–Trinajstić information content (AvgIpc) is 2.22. The molecule has 1 atom stereocenters. The van der Waals surface area contributed by atoms with Crippen molar-refractivity contribution in [2.75, 3.05) is 26.2 Å². The van der Waals surface area contributed by atoms with Crippen molar-refractivity contribution in [3.63, 3.8) is 0 Å². The first-order chi connectivity index (χ1) is 8.10. The van der Waals surface area contributed by atoms with Crippen LogP contribution in [0.3, 0.4) is 0 Å². The molecule has 0 radical (unpaired) electrons. The van der Waals surface area contributed by atoms with Crippen LogP contribution in [0.5, 0.6) is 0 Å². The SMILES string of the molecule is CCNC(=O)NC(=O)C(C)N(CC)C1CNC1. The first kappa shape index (κ1) is 13.9. The molecule has 1 saturated heterocycles. The number of nitrogens with zero attached hydrogens (tertiary/aromatic N) is 1. The highest BCUT2D eigenvalue weighted by molar-refractivity contribution is 5.96. The number of nitrogens with one attached hydrogen (secondary N) is 3. The Bertz CT molecular complexity index is 279. The molecule has 1 heterocycles. The summed E-state index contributed by atoms with van der Waals surface area (Å²) in [5, 5.41) is 8.07. The van der Waals surface area contributed by atoms with E-state index in [9.17, 15) is 9.59 Å². The maximum atomic E-state index is 11.8. The minimum atomic E-state index is -0.424. The molecule has 1 unspecified atom stereocenters. The van der Waals surface area contributed by atoms with Gasteiger partial charge in [-0.3, -0.25) is 15.0 Å². The van der Waals surface area contributed by atoms with Crippen molar-refractivity contribution >= 4 is 11.9 Å². The summed E-state index contributed by atoms with van der Waals surface area (Å²) < 4.78 is 0. The van der Waals surface area contributed by atoms with Crippen LogP contribution in [0.4, 0.5) is 4.79 Å². The predicted octanol–water partition coefficient (Wildman–Crippen LogP) is -0.486. The lowest BCUT2D eigenvalue weighted by Crippen LogP contribution is -2.62. The Labute approximate surface area is 102 Å². The van der Waals surface area contributed by atoms with E-state index in [0.29, 0.717) is 12.6 Å². The van der Waals surface area contributed by atoms with Gasteiger partial charge >= 0.3 is 6.03 Å². The molecule has 6 nitrogen and oxygen atoms in total. The van der Waals surface area contributed by atoms with E-state index in [1.165, 1.54) is 0 Å². The monoisotopic (exact) mass is 242 g/mol. The van der Waals surface area contributed by atoms with Crippen LogP contribution in [-0.2, 0) is 4.79 Å². The standard InChI is InChI=1S/C11H22N4O2/c1-4-13-11(17)14-10(16)8(3)15(5-2)9-6-12-7-9/h8-9,12H,4-7H2,1-3H3,(H2,13,14,16,17). The smallest absolute Gasteiger partial charge is 0.321 e. The first-order valence-corrected chi connectivity index (χ1v) is 6.15. The summed E-state index contributed by atoms with van der Waals surface area (Å²) in [7, 11) is 0. The number of urea groups is 1. The fraction of sp³-hybridized carbons (Fsp3) is 0.818. The fourth-order valence-electron chi connectivity index (χ4n) is 1.93. The number of rotatable bonds is 5. The first-order valence-electron chi connectivity index (χ1n) is 6.15. The largest absolute Gasteiger partial charge is 0.338 e. The molecule has 0 aromatic heterocycles. The minimum absolute atomic E-state index is 0.246. The highest BCUT2D eigenvalue weighted by atomic mass is 16.2. The number of carbonyl (C=O) groups is 2. The third-order valence-electron chi connectivity index (χ3n) is 3.05. The van der Waals surface area contributed by atoms with Crippen LogP contribution in [0.15, 0.2) is 0 Å². The van der Waals surface area contributed by atoms with E-state index >= 15 is 0 Å². The molecule has 0 aliphatic carbocycles. The van der Waals surface area contributed by atoms with Crippen LogP contribution >= 0.6 is 0 Å². The molecule has 0 aromatic rings. The molecule has 6 heteroatoms. The van der Waals surface area contributed by atoms with Gasteiger partial charge in [-0.1, -0.05) is 6.92 Å². The number of carbonyl (C=O) groups excluding carboxylic acids is 2. The maximum Gasteiger partial charge on any atom is 0.321 e. The highest BCUT2D eigenvalue weighted by Crippen LogP contribution is 2.09. The van der Waals surface area contributed by atoms with Gasteiger partial charge < -0.3 is 10.6 Å². The second-order valence-electron chi connectivity index (χ2n) is 4.17. The molecule has 1 aliphatic rings. The van der Waals surface area contributed by atoms with E-state index < -0.39 is 6.03 Å². The van der Waals surface area contributed by atoms with Crippen LogP contribution in [-0.4, -0.2) is 55.1 Å². The van der Waals surface area contributed by atoms with Crippen LogP contribution in [0, 0.1) is 0 Å². The minimum Gasteiger partial charge on any atom is -0.338 e. The van der Waals surface area contributed by atoms with Crippen molar-refractivity contribution in [3.05, 3.63) is 0 Å². The number of amides is 3. The zero-order valence-corrected chi connectivity index (χ0v) is 10.7. The molecule has 1 aliphatic heterocycles. The van der Waals surface area contributed by atoms with Crippen LogP contribution < -0.4 is 16.0 Å². The summed E-state index contributed by atoms with van der Waals surface area (Å²) in [6.07, 6.45) is 0. The molecular weight excluding hydrogens is 220 g/mol. The van der Waals surface area contributed by atoms with Gasteiger partial charge in [-0.25, -0.2) is 4.79 Å². The summed E-state index contributed by atoms with van der Waals surface area (Å²) in [5.41, 5.74) is 0. The van der Waals surface area contributed by atoms with E-state index in [-0.39, 0.29) is 11.9 Å². The van der Waals surface area contributed by atoms with Gasteiger partial charge in [0.05, 0.1) is 6.04 Å². The zero-order valence-electron chi connectivity index (χ0n) is 10.7. The quantitative estimate of drug-likeness (QED) is 0.608. The Morgan fingerprint density at radius 2 is 2.06 bits per heavy atom. The Morgan fingerprint density at radius 1 is 1.41 bits per heavy atom. The maximum absolute atomic E-state index is 11.8. The molecular formula is C11H22N4O2. The number of likely N-dealkylation sites (N-methyl/N-ethyl adjacent to an activating group) is 1. The van der Waals surface area contributed by atoms with Gasteiger partial charge in [0.1, 0.15) is 0 Å². The van der Waals surface area contributed by atoms with Crippen molar-refractivity contribution in [1.82, 2.24) is 20.9 Å². The Kier molecular flexibility index (Phi) is 5.37. The number of hydrogen-bond acceptors (Lipinski definition) is 4. The summed E-state index contributed by atoms with van der Waals surface area (Å²) in [5.74, 6) is -0.246. The lowest BCUT2D eigenvalue weighted by atomic mass is 10.1. The van der Waals surface area contributed by atoms with Gasteiger partial charge in [0.15, 0.2) is 0 Å². The molecule has 0 spiro atoms. The van der Waals surface area contributed by atoms with E-state index in [0.717, 1.165) is 19.6 Å². The average molecular weight is 242 g/mol. The number of hydrogen-bond donors (Lipinski definition) is 3. The lowest BCUT2D eigenvalue weighted by molar-refractivity contribution is -0.126. The molecule has 3 N–H and O–H groups in total. The van der Waals surface area contributed by atoms with Gasteiger partial charge in [-0.2, -0.15) is 0 Å². The normalized spacial score (nSPS) is 17.4. The van der Waals surface area contributed by atoms with Crippen LogP contribution in [0.25, 0.3) is 0 Å². The van der Waals surface area contributed by atoms with Crippen molar-refractivity contribution in [2.45, 2.75) is 32.9 Å². The van der Waals surface area contributed by atoms with Gasteiger partial charge in [0, 0.05) is 25.7 Å². The second kappa shape index (κ2) is 6.56. The number of imide groups is 1. The Hall–Kier alpha value is -1.14. The Balaban J connectivity index is 2.45. The third kappa shape index (κ3) is 3.67. The molecule has 0 saturated carbocycles. The second-order valence-corrected chi connectivity index (χ2v) is 4.17. The van der Waals surface area contributed by atoms with Gasteiger partial charge in [-0.15, -0.1) is 0 Å². The summed E-state index contributed by atoms with van der Waals surface area (Å²) in [6, 6.07) is -0.308. The van der Waals surface area contributed by atoms with E-state index in [1.54, 1.807) is 0 Å². The van der Waals surface area contributed by atoms with Crippen molar-refractivity contribution < 1.29 is 9.59 Å². The van der Waals surface area contributed by atoms with Crippen molar-refractivity contribution in [1.29, 1.82) is 0 Å². The van der Waals surface area contributed by atoms with E-state index in [1.807, 2.05) is 20.8 Å². The fourth-order valence-corrected chi connectivity index (χ4v) is 1.93. The summed E-state index contributed by atoms with van der Waals surface area (Å²) >= 11 is 0. The highest BCUT2D eigenvalue weighted by Gasteiger charge is 2.30. The molecule has 1 rings (SSSR count). The summed E-state index contributed by atoms with van der Waals surface area (Å²) in [6.45, 7) is 8.80. The molecule has 1 fully saturated rings. The van der Waals surface area contributed by atoms with E-state index in [4.69, 9.17) is 0 Å². The molecule has 17 heavy (non-hydrogen) atoms. The van der Waals surface area contributed by atoms with Crippen LogP contribution in [0.2, 0.25) is 0 Å². The summed E-state index contributed by atoms with van der Waals surface area (Å²) in [4.78, 5) is 25.2. The lowest BCUT2D eigenvalue weighted by Gasteiger charge is -2.40. The van der Waals surface area contributed by atoms with Crippen molar-refractivity contribution in [2.24, 2.45) is 0 Å². The Morgan fingerprint density at radius 3 is 2.47 bits per heavy atom. The molecule has 0 bridgehead atoms. The third-order valence-corrected chi connectivity index (χ3v) is 3.05. The topological polar surface area (TPSA) is 73.5 Å². The van der Waals surface area contributed by atoms with Crippen molar-refractivity contribution in [3.8, 4) is 0 Å². The molecule has 98 valence electrons.